The Morgan fingerprint density at radius 1 is 0.723 bits per heavy atom. The van der Waals surface area contributed by atoms with Crippen molar-refractivity contribution in [2.24, 2.45) is 0 Å². The first-order chi connectivity index (χ1) is 23.0. The van der Waals surface area contributed by atoms with Crippen molar-refractivity contribution >= 4 is 56.3 Å². The fourth-order valence-electron chi connectivity index (χ4n) is 5.92. The minimum atomic E-state index is -1.04. The van der Waals surface area contributed by atoms with Crippen LogP contribution in [0.15, 0.2) is 120 Å². The Hall–Kier alpha value is -5.63. The molecule has 0 fully saturated rings. The van der Waals surface area contributed by atoms with Crippen molar-refractivity contribution in [3.8, 4) is 5.75 Å². The predicted octanol–water partition coefficient (Wildman–Crippen LogP) is 5.73. The van der Waals surface area contributed by atoms with Crippen molar-refractivity contribution in [2.75, 3.05) is 11.4 Å². The summed E-state index contributed by atoms with van der Waals surface area (Å²) in [6.45, 7) is 1.24. The summed E-state index contributed by atoms with van der Waals surface area (Å²) in [4.78, 5) is 23.9. The lowest BCUT2D eigenvalue weighted by molar-refractivity contribution is -0.678. The zero-order valence-corrected chi connectivity index (χ0v) is 26.0. The van der Waals surface area contributed by atoms with Crippen molar-refractivity contribution < 1.29 is 33.5 Å². The number of unbranched alkanes of at least 4 members (excludes halogenated alkanes) is 2. The monoisotopic (exact) mass is 627 g/mol. The maximum Gasteiger partial charge on any atom is 0.374 e. The van der Waals surface area contributed by atoms with Gasteiger partial charge in [0.05, 0.1) is 11.8 Å². The first-order valence-corrected chi connectivity index (χ1v) is 15.9. The molecule has 0 spiro atoms. The highest BCUT2D eigenvalue weighted by atomic mass is 16.5. The topological polar surface area (TPSA) is 110 Å². The summed E-state index contributed by atoms with van der Waals surface area (Å²) >= 11 is 0. The fraction of sp³-hybridized carbons (Fsp3) is 0.205. The normalized spacial score (nSPS) is 14.0. The van der Waals surface area contributed by atoms with Crippen LogP contribution < -0.4 is 24.4 Å². The highest BCUT2D eigenvalue weighted by molar-refractivity contribution is 6.02. The molecule has 4 aromatic carbocycles. The van der Waals surface area contributed by atoms with Gasteiger partial charge in [-0.15, -0.1) is 0 Å². The summed E-state index contributed by atoms with van der Waals surface area (Å²) in [7, 11) is 0. The second kappa shape index (κ2) is 14.6. The average molecular weight is 628 g/mol. The van der Waals surface area contributed by atoms with Crippen molar-refractivity contribution in [2.45, 2.75) is 45.1 Å². The van der Waals surface area contributed by atoms with Crippen LogP contribution in [0, 0.1) is 0 Å². The second-order valence-electron chi connectivity index (χ2n) is 11.4. The molecule has 0 amide bonds. The van der Waals surface area contributed by atoms with Crippen LogP contribution in [0.25, 0.3) is 38.7 Å². The van der Waals surface area contributed by atoms with Gasteiger partial charge in [0.15, 0.2) is 12.3 Å². The molecular weight excluding hydrogens is 592 g/mol. The first-order valence-electron chi connectivity index (χ1n) is 15.9. The number of nitrogens with zero attached hydrogens (tertiary/aromatic N) is 2. The van der Waals surface area contributed by atoms with E-state index in [4.69, 9.17) is 9.15 Å². The van der Waals surface area contributed by atoms with Crippen molar-refractivity contribution in [3.63, 3.8) is 0 Å². The van der Waals surface area contributed by atoms with Crippen LogP contribution in [0.4, 0.5) is 5.69 Å². The molecule has 0 atom stereocenters. The number of anilines is 1. The molecule has 1 aliphatic heterocycles. The molecule has 5 aromatic rings. The van der Waals surface area contributed by atoms with Crippen LogP contribution in [0.1, 0.15) is 44.4 Å². The standard InChI is InChI=1S/C39H36N2O6/c42-36(43)20-10-12-26-40-32-24-22-28-14-6-8-16-30(28)38(32)46-34(40)18-4-2-1-3-5-19-35-41(27-13-11-21-37(44)45)33-25-23-29-15-7-9-17-31(29)39(33)47-35/h1-9,14-19,22-25H,10-13,20-21,26-27H2,(H-,42,43,44,45)/p-1. The van der Waals surface area contributed by atoms with E-state index >= 15 is 0 Å². The molecule has 8 heteroatoms. The molecule has 0 saturated carbocycles. The number of carboxylic acid groups (broad SMARTS) is 2. The van der Waals surface area contributed by atoms with Gasteiger partial charge in [-0.2, -0.15) is 4.57 Å². The number of hydrogen-bond acceptors (Lipinski definition) is 7. The average Bonchev–Trinajstić information content (AvgIpc) is 3.62. The van der Waals surface area contributed by atoms with Gasteiger partial charge in [-0.05, 0) is 61.1 Å². The number of aliphatic carboxylic acids is 2. The second-order valence-corrected chi connectivity index (χ2v) is 11.4. The summed E-state index contributed by atoms with van der Waals surface area (Å²) in [6, 6.07) is 24.4. The SMILES string of the molecule is O=C([O-])CCCCN1/C(=C/C=C/C=C/C=C/c2oc3c4ccccc4ccc3[n+]2CCCCC(=O)[O-])Oc2c1ccc1ccccc21. The number of aromatic nitrogens is 1. The number of ether oxygens (including phenoxy) is 1. The highest BCUT2D eigenvalue weighted by Crippen LogP contribution is 2.44. The van der Waals surface area contributed by atoms with Crippen molar-refractivity contribution in [1.82, 2.24) is 0 Å². The molecule has 8 nitrogen and oxygen atoms in total. The number of allylic oxidation sites excluding steroid dienone is 6. The van der Waals surface area contributed by atoms with E-state index in [1.54, 1.807) is 0 Å². The van der Waals surface area contributed by atoms with Gasteiger partial charge in [0.2, 0.25) is 11.5 Å². The third kappa shape index (κ3) is 7.28. The zero-order valence-electron chi connectivity index (χ0n) is 26.0. The Balaban J connectivity index is 1.18. The summed E-state index contributed by atoms with van der Waals surface area (Å²) in [5.41, 5.74) is 2.72. The van der Waals surface area contributed by atoms with Gasteiger partial charge in [-0.3, -0.25) is 0 Å². The van der Waals surface area contributed by atoms with Crippen LogP contribution in [-0.2, 0) is 16.1 Å². The van der Waals surface area contributed by atoms with E-state index in [9.17, 15) is 19.8 Å². The maximum atomic E-state index is 10.9. The lowest BCUT2D eigenvalue weighted by Crippen LogP contribution is -2.35. The van der Waals surface area contributed by atoms with Crippen LogP contribution in [0.2, 0.25) is 0 Å². The van der Waals surface area contributed by atoms with E-state index in [-0.39, 0.29) is 12.8 Å². The predicted molar refractivity (Wildman–Crippen MR) is 179 cm³/mol. The minimum Gasteiger partial charge on any atom is -0.550 e. The molecule has 47 heavy (non-hydrogen) atoms. The summed E-state index contributed by atoms with van der Waals surface area (Å²) in [6.07, 6.45) is 15.9. The molecule has 238 valence electrons. The lowest BCUT2D eigenvalue weighted by atomic mass is 10.1. The van der Waals surface area contributed by atoms with E-state index in [1.807, 2.05) is 91.1 Å². The summed E-state index contributed by atoms with van der Waals surface area (Å²) < 4.78 is 14.8. The molecule has 0 saturated heterocycles. The highest BCUT2D eigenvalue weighted by Gasteiger charge is 2.27. The molecule has 2 heterocycles. The third-order valence-electron chi connectivity index (χ3n) is 8.19. The van der Waals surface area contributed by atoms with Gasteiger partial charge in [0, 0.05) is 41.7 Å². The van der Waals surface area contributed by atoms with E-state index in [0.717, 1.165) is 44.1 Å². The van der Waals surface area contributed by atoms with Crippen LogP contribution in [0.5, 0.6) is 5.75 Å². The molecular formula is C39H35N2O6-. The summed E-state index contributed by atoms with van der Waals surface area (Å²) in [5, 5.41) is 26.0. The van der Waals surface area contributed by atoms with Crippen molar-refractivity contribution in [3.05, 3.63) is 121 Å². The van der Waals surface area contributed by atoms with Crippen LogP contribution in [0.3, 0.4) is 0 Å². The van der Waals surface area contributed by atoms with Gasteiger partial charge < -0.3 is 33.9 Å². The molecule has 0 bridgehead atoms. The number of fused-ring (bicyclic) bond motifs is 6. The number of carbonyl (C=O) groups is 2. The quantitative estimate of drug-likeness (QED) is 0.0878. The van der Waals surface area contributed by atoms with E-state index in [0.29, 0.717) is 50.5 Å². The zero-order chi connectivity index (χ0) is 32.6. The Labute approximate surface area is 272 Å². The molecule has 6 rings (SSSR count). The fourth-order valence-corrected chi connectivity index (χ4v) is 5.92. The molecule has 0 radical (unpaired) electrons. The van der Waals surface area contributed by atoms with Gasteiger partial charge >= 0.3 is 5.89 Å². The molecule has 0 aliphatic carbocycles. The van der Waals surface area contributed by atoms with Gasteiger partial charge in [0.1, 0.15) is 0 Å². The Morgan fingerprint density at radius 3 is 2.17 bits per heavy atom. The molecule has 1 aromatic heterocycles. The molecule has 1 aliphatic rings. The third-order valence-corrected chi connectivity index (χ3v) is 8.19. The van der Waals surface area contributed by atoms with Crippen molar-refractivity contribution in [1.29, 1.82) is 0 Å². The number of oxazole rings is 1. The van der Waals surface area contributed by atoms with E-state index in [1.165, 1.54) is 0 Å². The summed E-state index contributed by atoms with van der Waals surface area (Å²) in [5.74, 6) is 0.0857. The minimum absolute atomic E-state index is 0.0313. The number of hydrogen-bond donors (Lipinski definition) is 0. The number of rotatable bonds is 14. The largest absolute Gasteiger partial charge is 0.550 e. The number of aryl methyl sites for hydroxylation is 1. The van der Waals surface area contributed by atoms with Crippen LogP contribution >= 0.6 is 0 Å². The first kappa shape index (κ1) is 31.4. The molecule has 0 unspecified atom stereocenters. The maximum absolute atomic E-state index is 10.9. The lowest BCUT2D eigenvalue weighted by Gasteiger charge is -2.18. The Morgan fingerprint density at radius 2 is 1.38 bits per heavy atom. The number of benzene rings is 4. The molecule has 0 N–H and O–H groups in total. The Bertz CT molecular complexity index is 2050. The van der Waals surface area contributed by atoms with E-state index < -0.39 is 11.9 Å². The van der Waals surface area contributed by atoms with Gasteiger partial charge in [-0.25, -0.2) is 0 Å². The van der Waals surface area contributed by atoms with Gasteiger partial charge in [0.25, 0.3) is 5.52 Å². The van der Waals surface area contributed by atoms with Gasteiger partial charge in [-0.1, -0.05) is 85.0 Å². The Kier molecular flexibility index (Phi) is 9.77. The number of carboxylic acids is 2. The van der Waals surface area contributed by atoms with Crippen LogP contribution in [-0.4, -0.2) is 18.5 Å². The van der Waals surface area contributed by atoms with E-state index in [2.05, 4.69) is 33.7 Å². The smallest absolute Gasteiger partial charge is 0.374 e. The number of carbonyl (C=O) groups excluding carboxylic acids is 2.